The first-order chi connectivity index (χ1) is 10.3. The maximum atomic E-state index is 12.2. The predicted octanol–water partition coefficient (Wildman–Crippen LogP) is 3.65. The molecule has 2 amide bonds. The molecular formula is C17H26N2O2S. The third-order valence-corrected chi connectivity index (χ3v) is 5.82. The molecule has 0 saturated heterocycles. The average molecular weight is 322 g/mol. The van der Waals surface area contributed by atoms with Crippen LogP contribution in [0, 0.1) is 5.92 Å². The summed E-state index contributed by atoms with van der Waals surface area (Å²) in [6.07, 6.45) is 2.41. The summed E-state index contributed by atoms with van der Waals surface area (Å²) >= 11 is 0. The summed E-state index contributed by atoms with van der Waals surface area (Å²) in [6.45, 7) is 7.95. The van der Waals surface area contributed by atoms with Gasteiger partial charge in [0.1, 0.15) is 0 Å². The molecule has 2 rings (SSSR count). The molecule has 0 spiro atoms. The lowest BCUT2D eigenvalue weighted by Crippen LogP contribution is -2.37. The lowest BCUT2D eigenvalue weighted by Gasteiger charge is -2.18. The van der Waals surface area contributed by atoms with Crippen molar-refractivity contribution in [3.8, 4) is 0 Å². The van der Waals surface area contributed by atoms with Crippen LogP contribution in [0.25, 0.3) is 0 Å². The maximum absolute atomic E-state index is 12.2. The van der Waals surface area contributed by atoms with Crippen LogP contribution in [-0.2, 0) is 16.6 Å². The quantitative estimate of drug-likeness (QED) is 0.869. The maximum Gasteiger partial charge on any atom is 0.319 e. The molecule has 1 fully saturated rings. The molecular weight excluding hydrogens is 296 g/mol. The molecule has 0 heterocycles. The van der Waals surface area contributed by atoms with E-state index in [1.165, 1.54) is 12.8 Å². The molecule has 4 nitrogen and oxygen atoms in total. The fraction of sp³-hybridized carbons (Fsp3) is 0.588. The third kappa shape index (κ3) is 5.13. The Hall–Kier alpha value is -1.36. The third-order valence-electron chi connectivity index (χ3n) is 3.85. The topological polar surface area (TPSA) is 58.2 Å². The zero-order valence-corrected chi connectivity index (χ0v) is 14.6. The van der Waals surface area contributed by atoms with Crippen molar-refractivity contribution in [2.45, 2.75) is 57.1 Å². The van der Waals surface area contributed by atoms with Gasteiger partial charge in [0, 0.05) is 33.0 Å². The largest absolute Gasteiger partial charge is 0.335 e. The number of rotatable bonds is 5. The Kier molecular flexibility index (Phi) is 5.27. The number of carbonyl (C=O) groups excluding carboxylic acids is 1. The molecule has 0 radical (unpaired) electrons. The molecule has 22 heavy (non-hydrogen) atoms. The van der Waals surface area contributed by atoms with Gasteiger partial charge in [-0.3, -0.25) is 4.21 Å². The zero-order valence-electron chi connectivity index (χ0n) is 13.8. The molecule has 1 aromatic rings. The Bertz CT molecular complexity index is 562. The number of hydrogen-bond acceptors (Lipinski definition) is 2. The molecule has 0 bridgehead atoms. The summed E-state index contributed by atoms with van der Waals surface area (Å²) in [5.74, 6) is 1.13. The first-order valence-electron chi connectivity index (χ1n) is 7.80. The molecule has 0 unspecified atom stereocenters. The normalized spacial score (nSPS) is 17.6. The minimum Gasteiger partial charge on any atom is -0.335 e. The molecule has 122 valence electrons. The van der Waals surface area contributed by atoms with Crippen molar-refractivity contribution in [2.24, 2.45) is 5.92 Å². The van der Waals surface area contributed by atoms with Gasteiger partial charge in [0.15, 0.2) is 0 Å². The Labute approximate surface area is 135 Å². The van der Waals surface area contributed by atoms with Crippen molar-refractivity contribution < 1.29 is 9.00 Å². The standard InChI is InChI=1S/C17H26N2O2S/c1-12(14-8-9-14)18-16(20)19-15-7-5-6-13(10-15)11-22(21)17(2,3)4/h5-7,10,12,14H,8-9,11H2,1-4H3,(H2,18,19,20)/t12-,22+/m1/s1. The van der Waals surface area contributed by atoms with E-state index < -0.39 is 10.8 Å². The minimum atomic E-state index is -0.945. The highest BCUT2D eigenvalue weighted by molar-refractivity contribution is 7.85. The van der Waals surface area contributed by atoms with E-state index in [0.717, 1.165) is 11.3 Å². The summed E-state index contributed by atoms with van der Waals surface area (Å²) in [5, 5.41) is 5.82. The molecule has 0 aliphatic heterocycles. The van der Waals surface area contributed by atoms with Crippen LogP contribution >= 0.6 is 0 Å². The molecule has 2 N–H and O–H groups in total. The summed E-state index contributed by atoms with van der Waals surface area (Å²) < 4.78 is 12.0. The first kappa shape index (κ1) is 17.0. The van der Waals surface area contributed by atoms with Gasteiger partial charge in [-0.05, 0) is 64.2 Å². The van der Waals surface area contributed by atoms with E-state index >= 15 is 0 Å². The summed E-state index contributed by atoms with van der Waals surface area (Å²) in [7, 11) is -0.945. The van der Waals surface area contributed by atoms with E-state index in [4.69, 9.17) is 0 Å². The highest BCUT2D eigenvalue weighted by atomic mass is 32.2. The lowest BCUT2D eigenvalue weighted by atomic mass is 10.2. The molecule has 0 aromatic heterocycles. The summed E-state index contributed by atoms with van der Waals surface area (Å²) in [4.78, 5) is 12.0. The van der Waals surface area contributed by atoms with Crippen LogP contribution in [0.1, 0.15) is 46.1 Å². The minimum absolute atomic E-state index is 0.173. The van der Waals surface area contributed by atoms with Crippen LogP contribution in [0.3, 0.4) is 0 Å². The van der Waals surface area contributed by atoms with Crippen molar-refractivity contribution in [1.29, 1.82) is 0 Å². The van der Waals surface area contributed by atoms with Gasteiger partial charge in [-0.2, -0.15) is 0 Å². The first-order valence-corrected chi connectivity index (χ1v) is 9.12. The molecule has 1 aromatic carbocycles. The average Bonchev–Trinajstić information content (AvgIpc) is 3.21. The summed E-state index contributed by atoms with van der Waals surface area (Å²) in [5.41, 5.74) is 1.71. The van der Waals surface area contributed by atoms with Gasteiger partial charge < -0.3 is 10.6 Å². The van der Waals surface area contributed by atoms with E-state index in [2.05, 4.69) is 10.6 Å². The van der Waals surface area contributed by atoms with Crippen LogP contribution in [0.5, 0.6) is 0 Å². The van der Waals surface area contributed by atoms with Crippen LogP contribution in [0.4, 0.5) is 10.5 Å². The van der Waals surface area contributed by atoms with E-state index in [1.807, 2.05) is 52.0 Å². The zero-order chi connectivity index (χ0) is 16.3. The van der Waals surface area contributed by atoms with E-state index in [-0.39, 0.29) is 16.8 Å². The van der Waals surface area contributed by atoms with Gasteiger partial charge in [-0.15, -0.1) is 0 Å². The van der Waals surface area contributed by atoms with Crippen molar-refractivity contribution in [3.05, 3.63) is 29.8 Å². The highest BCUT2D eigenvalue weighted by Crippen LogP contribution is 2.32. The van der Waals surface area contributed by atoms with Gasteiger partial charge in [0.05, 0.1) is 0 Å². The van der Waals surface area contributed by atoms with Crippen molar-refractivity contribution in [2.75, 3.05) is 5.32 Å². The smallest absolute Gasteiger partial charge is 0.319 e. The summed E-state index contributed by atoms with van der Waals surface area (Å²) in [6, 6.07) is 7.62. The van der Waals surface area contributed by atoms with Crippen LogP contribution < -0.4 is 10.6 Å². The molecule has 5 heteroatoms. The number of hydrogen-bond donors (Lipinski definition) is 2. The number of nitrogens with one attached hydrogen (secondary N) is 2. The fourth-order valence-electron chi connectivity index (χ4n) is 2.19. The van der Waals surface area contributed by atoms with Crippen molar-refractivity contribution >= 4 is 22.5 Å². The van der Waals surface area contributed by atoms with Crippen molar-refractivity contribution in [3.63, 3.8) is 0 Å². The molecule has 1 aliphatic carbocycles. The van der Waals surface area contributed by atoms with Gasteiger partial charge in [-0.1, -0.05) is 12.1 Å². The molecule has 1 saturated carbocycles. The van der Waals surface area contributed by atoms with Crippen LogP contribution in [0.2, 0.25) is 0 Å². The number of amides is 2. The monoisotopic (exact) mass is 322 g/mol. The Morgan fingerprint density at radius 1 is 1.36 bits per heavy atom. The predicted molar refractivity (Wildman–Crippen MR) is 92.4 cm³/mol. The fourth-order valence-corrected chi connectivity index (χ4v) is 3.11. The van der Waals surface area contributed by atoms with Gasteiger partial charge in [0.2, 0.25) is 0 Å². The van der Waals surface area contributed by atoms with Crippen molar-refractivity contribution in [1.82, 2.24) is 5.32 Å². The SMILES string of the molecule is C[C@@H](NC(=O)Nc1cccc(C[S@](=O)C(C)(C)C)c1)C1CC1. The Morgan fingerprint density at radius 2 is 2.05 bits per heavy atom. The molecule has 2 atom stereocenters. The van der Waals surface area contributed by atoms with Gasteiger partial charge in [-0.25, -0.2) is 4.79 Å². The highest BCUT2D eigenvalue weighted by Gasteiger charge is 2.28. The number of anilines is 1. The van der Waals surface area contributed by atoms with E-state index in [9.17, 15) is 9.00 Å². The Morgan fingerprint density at radius 3 is 2.64 bits per heavy atom. The number of carbonyl (C=O) groups is 1. The van der Waals surface area contributed by atoms with Gasteiger partial charge in [0.25, 0.3) is 0 Å². The second-order valence-corrected chi connectivity index (χ2v) is 9.23. The second-order valence-electron chi connectivity index (χ2n) is 7.03. The van der Waals surface area contributed by atoms with E-state index in [0.29, 0.717) is 11.7 Å². The lowest BCUT2D eigenvalue weighted by molar-refractivity contribution is 0.248. The van der Waals surface area contributed by atoms with E-state index in [1.54, 1.807) is 0 Å². The second kappa shape index (κ2) is 6.82. The van der Waals surface area contributed by atoms with Crippen LogP contribution in [-0.4, -0.2) is 21.0 Å². The molecule has 1 aliphatic rings. The van der Waals surface area contributed by atoms with Gasteiger partial charge >= 0.3 is 6.03 Å². The Balaban J connectivity index is 1.93. The number of urea groups is 1. The number of benzene rings is 1. The van der Waals surface area contributed by atoms with Crippen LogP contribution in [0.15, 0.2) is 24.3 Å².